The Labute approximate surface area is 147 Å². The molecule has 0 atom stereocenters. The third-order valence-corrected chi connectivity index (χ3v) is 4.57. The fourth-order valence-corrected chi connectivity index (χ4v) is 2.75. The van der Waals surface area contributed by atoms with E-state index in [0.29, 0.717) is 6.42 Å². The molecule has 5 heteroatoms. The first-order chi connectivity index (χ1) is 11.6. The molecule has 4 N–H and O–H groups in total. The third kappa shape index (κ3) is 11.8. The van der Waals surface area contributed by atoms with Crippen LogP contribution in [0, 0.1) is 0 Å². The number of carbonyl (C=O) groups excluding carboxylic acids is 1. The molecule has 0 heterocycles. The molecule has 0 saturated carbocycles. The lowest BCUT2D eigenvalue weighted by Gasteiger charge is -2.28. The largest absolute Gasteiger partial charge is 0.394 e. The third-order valence-electron chi connectivity index (χ3n) is 4.57. The van der Waals surface area contributed by atoms with Gasteiger partial charge in [-0.2, -0.15) is 0 Å². The molecule has 0 fully saturated rings. The molecule has 0 aliphatic carbocycles. The summed E-state index contributed by atoms with van der Waals surface area (Å²) in [7, 11) is 0. The zero-order chi connectivity index (χ0) is 18.1. The van der Waals surface area contributed by atoms with Gasteiger partial charge in [0.2, 0.25) is 5.91 Å². The van der Waals surface area contributed by atoms with Crippen molar-refractivity contribution in [3.8, 4) is 0 Å². The van der Waals surface area contributed by atoms with E-state index in [4.69, 9.17) is 15.3 Å². The summed E-state index contributed by atoms with van der Waals surface area (Å²) in [5.74, 6) is -0.223. The summed E-state index contributed by atoms with van der Waals surface area (Å²) in [4.78, 5) is 11.8. The van der Waals surface area contributed by atoms with E-state index in [-0.39, 0.29) is 5.91 Å². The molecule has 5 nitrogen and oxygen atoms in total. The second-order valence-corrected chi connectivity index (χ2v) is 6.94. The summed E-state index contributed by atoms with van der Waals surface area (Å²) >= 11 is 0. The van der Waals surface area contributed by atoms with Crippen molar-refractivity contribution in [2.45, 2.75) is 95.9 Å². The van der Waals surface area contributed by atoms with Gasteiger partial charge in [0.25, 0.3) is 0 Å². The average Bonchev–Trinajstić information content (AvgIpc) is 2.60. The lowest BCUT2D eigenvalue weighted by molar-refractivity contribution is -0.125. The molecule has 0 rings (SSSR count). The van der Waals surface area contributed by atoms with Crippen molar-refractivity contribution in [3.63, 3.8) is 0 Å². The van der Waals surface area contributed by atoms with Crippen LogP contribution in [0.5, 0.6) is 0 Å². The molecule has 144 valence electrons. The summed E-state index contributed by atoms with van der Waals surface area (Å²) in [6.07, 6.45) is 15.3. The molecule has 0 radical (unpaired) electrons. The van der Waals surface area contributed by atoms with Gasteiger partial charge in [0.1, 0.15) is 5.54 Å². The normalized spacial score (nSPS) is 11.7. The fourth-order valence-electron chi connectivity index (χ4n) is 2.75. The van der Waals surface area contributed by atoms with E-state index in [0.717, 1.165) is 19.3 Å². The van der Waals surface area contributed by atoms with Gasteiger partial charge >= 0.3 is 0 Å². The smallest absolute Gasteiger partial charge is 0.220 e. The molecule has 0 spiro atoms. The van der Waals surface area contributed by atoms with Crippen molar-refractivity contribution in [1.29, 1.82) is 0 Å². The van der Waals surface area contributed by atoms with Gasteiger partial charge in [0, 0.05) is 6.42 Å². The Bertz CT molecular complexity index is 285. The molecular weight excluding hydrogens is 306 g/mol. The average molecular weight is 346 g/mol. The Morgan fingerprint density at radius 2 is 1.08 bits per heavy atom. The van der Waals surface area contributed by atoms with Gasteiger partial charge in [0.15, 0.2) is 0 Å². The second-order valence-electron chi connectivity index (χ2n) is 6.94. The van der Waals surface area contributed by atoms with E-state index in [1.165, 1.54) is 57.8 Å². The Balaban J connectivity index is 3.45. The number of aliphatic hydroxyl groups excluding tert-OH is 3. The summed E-state index contributed by atoms with van der Waals surface area (Å²) in [6, 6.07) is 0. The van der Waals surface area contributed by atoms with Crippen LogP contribution in [0.3, 0.4) is 0 Å². The molecule has 1 amide bonds. The number of hydrogen-bond acceptors (Lipinski definition) is 4. The van der Waals surface area contributed by atoms with Gasteiger partial charge in [-0.15, -0.1) is 0 Å². The van der Waals surface area contributed by atoms with Crippen molar-refractivity contribution in [2.75, 3.05) is 19.8 Å². The van der Waals surface area contributed by atoms with Crippen LogP contribution in [0.15, 0.2) is 0 Å². The molecule has 0 aromatic heterocycles. The zero-order valence-corrected chi connectivity index (χ0v) is 15.6. The highest BCUT2D eigenvalue weighted by atomic mass is 16.3. The molecule has 24 heavy (non-hydrogen) atoms. The maximum atomic E-state index is 11.8. The van der Waals surface area contributed by atoms with Crippen molar-refractivity contribution in [1.82, 2.24) is 5.32 Å². The molecule has 0 unspecified atom stereocenters. The predicted octanol–water partition coefficient (Wildman–Crippen LogP) is 2.91. The van der Waals surface area contributed by atoms with Crippen LogP contribution in [0.25, 0.3) is 0 Å². The van der Waals surface area contributed by atoms with E-state index < -0.39 is 25.4 Å². The van der Waals surface area contributed by atoms with Crippen molar-refractivity contribution >= 4 is 5.91 Å². The van der Waals surface area contributed by atoms with E-state index >= 15 is 0 Å². The van der Waals surface area contributed by atoms with Crippen molar-refractivity contribution in [3.05, 3.63) is 0 Å². The highest BCUT2D eigenvalue weighted by Gasteiger charge is 2.29. The Morgan fingerprint density at radius 1 is 0.708 bits per heavy atom. The number of unbranched alkanes of at least 4 members (excludes halogenated alkanes) is 11. The molecule has 0 saturated heterocycles. The molecule has 0 aliphatic heterocycles. The zero-order valence-electron chi connectivity index (χ0n) is 15.6. The van der Waals surface area contributed by atoms with Gasteiger partial charge in [-0.1, -0.05) is 77.6 Å². The minimum absolute atomic E-state index is 0.223. The summed E-state index contributed by atoms with van der Waals surface area (Å²) in [6.45, 7) is 0.838. The number of nitrogens with one attached hydrogen (secondary N) is 1. The number of aliphatic hydroxyl groups is 3. The van der Waals surface area contributed by atoms with Gasteiger partial charge in [-0.05, 0) is 6.42 Å². The number of rotatable bonds is 17. The van der Waals surface area contributed by atoms with Gasteiger partial charge < -0.3 is 20.6 Å². The minimum atomic E-state index is -1.30. The molecule has 0 aliphatic rings. The van der Waals surface area contributed by atoms with Crippen LogP contribution in [-0.4, -0.2) is 46.6 Å². The summed E-state index contributed by atoms with van der Waals surface area (Å²) in [5.41, 5.74) is -1.30. The summed E-state index contributed by atoms with van der Waals surface area (Å²) in [5, 5.41) is 30.0. The molecule has 0 aromatic rings. The molecule has 0 bridgehead atoms. The lowest BCUT2D eigenvalue weighted by Crippen LogP contribution is -2.57. The first kappa shape index (κ1) is 23.4. The molecular formula is C19H39NO4. The van der Waals surface area contributed by atoms with Crippen LogP contribution >= 0.6 is 0 Å². The molecule has 0 aromatic carbocycles. The Hall–Kier alpha value is -0.650. The van der Waals surface area contributed by atoms with Gasteiger partial charge in [-0.25, -0.2) is 0 Å². The Morgan fingerprint density at radius 3 is 1.46 bits per heavy atom. The predicted molar refractivity (Wildman–Crippen MR) is 97.8 cm³/mol. The SMILES string of the molecule is CCCCCCCCCCCCCCC(=O)NC(CO)(CO)CO. The maximum Gasteiger partial charge on any atom is 0.220 e. The first-order valence-electron chi connectivity index (χ1n) is 9.77. The number of hydrogen-bond donors (Lipinski definition) is 4. The van der Waals surface area contributed by atoms with Crippen molar-refractivity contribution in [2.24, 2.45) is 0 Å². The quantitative estimate of drug-likeness (QED) is 0.305. The van der Waals surface area contributed by atoms with Crippen molar-refractivity contribution < 1.29 is 20.1 Å². The topological polar surface area (TPSA) is 89.8 Å². The van der Waals surface area contributed by atoms with E-state index in [9.17, 15) is 4.79 Å². The maximum absolute atomic E-state index is 11.8. The van der Waals surface area contributed by atoms with Gasteiger partial charge in [-0.3, -0.25) is 4.79 Å². The number of carbonyl (C=O) groups is 1. The summed E-state index contributed by atoms with van der Waals surface area (Å²) < 4.78 is 0. The van der Waals surface area contributed by atoms with Crippen LogP contribution in [0.1, 0.15) is 90.4 Å². The highest BCUT2D eigenvalue weighted by molar-refractivity contribution is 5.76. The monoisotopic (exact) mass is 345 g/mol. The Kier molecular flexibility index (Phi) is 15.4. The van der Waals surface area contributed by atoms with Gasteiger partial charge in [0.05, 0.1) is 19.8 Å². The second kappa shape index (κ2) is 15.9. The minimum Gasteiger partial charge on any atom is -0.394 e. The first-order valence-corrected chi connectivity index (χ1v) is 9.77. The van der Waals surface area contributed by atoms with E-state index in [1.54, 1.807) is 0 Å². The van der Waals surface area contributed by atoms with Crippen LogP contribution in [-0.2, 0) is 4.79 Å². The van der Waals surface area contributed by atoms with E-state index in [1.807, 2.05) is 0 Å². The lowest BCUT2D eigenvalue weighted by atomic mass is 10.0. The van der Waals surface area contributed by atoms with Crippen LogP contribution < -0.4 is 5.32 Å². The number of amides is 1. The van der Waals surface area contributed by atoms with Crippen LogP contribution in [0.2, 0.25) is 0 Å². The van der Waals surface area contributed by atoms with Crippen LogP contribution in [0.4, 0.5) is 0 Å². The fraction of sp³-hybridized carbons (Fsp3) is 0.947. The van der Waals surface area contributed by atoms with E-state index in [2.05, 4.69) is 12.2 Å². The standard InChI is InChI=1S/C19H39NO4/c1-2-3-4-5-6-7-8-9-10-11-12-13-14-18(24)20-19(15-21,16-22)17-23/h21-23H,2-17H2,1H3,(H,20,24). The highest BCUT2D eigenvalue weighted by Crippen LogP contribution is 2.12.